The zero-order chi connectivity index (χ0) is 16.0. The van der Waals surface area contributed by atoms with Crippen LogP contribution in [0.15, 0.2) is 12.1 Å². The van der Waals surface area contributed by atoms with E-state index < -0.39 is 0 Å². The fourth-order valence-electron chi connectivity index (χ4n) is 2.25. The molecular weight excluding hydrogens is 340 g/mol. The Labute approximate surface area is 174 Å². The van der Waals surface area contributed by atoms with Gasteiger partial charge in [-0.15, -0.1) is 0 Å². The predicted molar refractivity (Wildman–Crippen MR) is 99.8 cm³/mol. The van der Waals surface area contributed by atoms with Crippen LogP contribution < -0.4 is 0 Å². The molecule has 6 heteroatoms. The van der Waals surface area contributed by atoms with Crippen LogP contribution >= 0.6 is 23.6 Å². The van der Waals surface area contributed by atoms with Crippen LogP contribution in [0.5, 0.6) is 5.75 Å². The van der Waals surface area contributed by atoms with E-state index in [4.69, 9.17) is 12.2 Å². The molecule has 0 bridgehead atoms. The van der Waals surface area contributed by atoms with Gasteiger partial charge in [0.25, 0.3) is 0 Å². The molecule has 0 saturated heterocycles. The first kappa shape index (κ1) is 20.1. The molecule has 0 aliphatic heterocycles. The van der Waals surface area contributed by atoms with E-state index in [-0.39, 0.29) is 51.4 Å². The van der Waals surface area contributed by atoms with Crippen LogP contribution in [0.1, 0.15) is 55.5 Å². The fourth-order valence-corrected chi connectivity index (χ4v) is 3.13. The summed E-state index contributed by atoms with van der Waals surface area (Å²) in [5.74, 6) is 0.387. The standard InChI is InChI=1S/C16H22N2OS2.Ca.2H/c1-15(2,3)10-7-9(13-17-18-14(20)21-13)8-11(12(10)19)16(4,5)6;;;/h7-8,19H,1-6H3,(H,18,20);;;/q;+2;2*-1. The molecule has 1 heterocycles. The van der Waals surface area contributed by atoms with Crippen molar-refractivity contribution in [3.05, 3.63) is 27.2 Å². The number of aromatic amines is 1. The van der Waals surface area contributed by atoms with E-state index in [9.17, 15) is 5.11 Å². The number of benzene rings is 1. The van der Waals surface area contributed by atoms with Gasteiger partial charge in [-0.3, -0.25) is 5.10 Å². The Morgan fingerprint density at radius 3 is 1.86 bits per heavy atom. The van der Waals surface area contributed by atoms with Gasteiger partial charge in [0.2, 0.25) is 0 Å². The molecule has 0 atom stereocenters. The Hall–Kier alpha value is 0.0597. The van der Waals surface area contributed by atoms with Crippen LogP contribution in [0.25, 0.3) is 10.6 Å². The summed E-state index contributed by atoms with van der Waals surface area (Å²) in [4.78, 5) is 0. The van der Waals surface area contributed by atoms with E-state index >= 15 is 0 Å². The first-order chi connectivity index (χ1) is 9.50. The molecule has 0 saturated carbocycles. The van der Waals surface area contributed by atoms with E-state index in [1.54, 1.807) is 0 Å². The van der Waals surface area contributed by atoms with Gasteiger partial charge in [-0.05, 0) is 35.2 Å². The number of nitrogens with zero attached hydrogens (tertiary/aromatic N) is 1. The van der Waals surface area contributed by atoms with Crippen LogP contribution in [0.3, 0.4) is 0 Å². The number of hydrogen-bond acceptors (Lipinski definition) is 4. The fraction of sp³-hybridized carbons (Fsp3) is 0.500. The molecule has 0 spiro atoms. The largest absolute Gasteiger partial charge is 2.00 e. The Kier molecular flexibility index (Phi) is 6.30. The molecule has 2 rings (SSSR count). The van der Waals surface area contributed by atoms with Gasteiger partial charge in [0.1, 0.15) is 10.8 Å². The summed E-state index contributed by atoms with van der Waals surface area (Å²) < 4.78 is 0.660. The van der Waals surface area contributed by atoms with Crippen LogP contribution in [-0.4, -0.2) is 53.0 Å². The maximum Gasteiger partial charge on any atom is 2.00 e. The number of rotatable bonds is 1. The molecule has 3 nitrogen and oxygen atoms in total. The number of nitrogens with one attached hydrogen (secondary N) is 1. The normalized spacial score (nSPS) is 12.1. The topological polar surface area (TPSA) is 48.9 Å². The monoisotopic (exact) mass is 364 g/mol. The van der Waals surface area contributed by atoms with Gasteiger partial charge in [0.15, 0.2) is 3.95 Å². The summed E-state index contributed by atoms with van der Waals surface area (Å²) in [6, 6.07) is 4.04. The van der Waals surface area contributed by atoms with Crippen molar-refractivity contribution in [3.63, 3.8) is 0 Å². The summed E-state index contributed by atoms with van der Waals surface area (Å²) in [7, 11) is 0. The predicted octanol–water partition coefficient (Wildman–Crippen LogP) is 5.01. The smallest absolute Gasteiger partial charge is 1.00 e. The first-order valence-corrected chi connectivity index (χ1v) is 8.16. The van der Waals surface area contributed by atoms with Crippen molar-refractivity contribution in [2.75, 3.05) is 0 Å². The summed E-state index contributed by atoms with van der Waals surface area (Å²) in [6.45, 7) is 12.6. The van der Waals surface area contributed by atoms with Crippen molar-refractivity contribution in [1.82, 2.24) is 10.2 Å². The Morgan fingerprint density at radius 1 is 1.09 bits per heavy atom. The number of H-pyrrole nitrogens is 1. The molecule has 22 heavy (non-hydrogen) atoms. The van der Waals surface area contributed by atoms with Gasteiger partial charge in [-0.2, -0.15) is 5.10 Å². The maximum atomic E-state index is 10.7. The number of aromatic hydroxyl groups is 1. The van der Waals surface area contributed by atoms with Crippen LogP contribution in [-0.2, 0) is 10.8 Å². The van der Waals surface area contributed by atoms with Crippen molar-refractivity contribution < 1.29 is 7.96 Å². The van der Waals surface area contributed by atoms with Crippen molar-refractivity contribution in [1.29, 1.82) is 0 Å². The maximum absolute atomic E-state index is 10.7. The number of phenolic OH excluding ortho intramolecular Hbond substituents is 1. The van der Waals surface area contributed by atoms with E-state index in [0.717, 1.165) is 21.7 Å². The van der Waals surface area contributed by atoms with Gasteiger partial charge in [0.05, 0.1) is 0 Å². The molecule has 0 aliphatic carbocycles. The van der Waals surface area contributed by atoms with Crippen molar-refractivity contribution >= 4 is 61.3 Å². The van der Waals surface area contributed by atoms with Gasteiger partial charge in [-0.1, -0.05) is 52.9 Å². The Balaban J connectivity index is 0. The first-order valence-electron chi connectivity index (χ1n) is 6.94. The summed E-state index contributed by atoms with van der Waals surface area (Å²) >= 11 is 6.57. The number of aromatic nitrogens is 2. The summed E-state index contributed by atoms with van der Waals surface area (Å²) in [5, 5.41) is 18.6. The molecular formula is C16H24CaN2OS2. The minimum Gasteiger partial charge on any atom is -1.00 e. The Bertz CT molecular complexity index is 696. The Morgan fingerprint density at radius 2 is 1.55 bits per heavy atom. The third kappa shape index (κ3) is 4.32. The van der Waals surface area contributed by atoms with E-state index in [2.05, 4.69) is 51.7 Å². The third-order valence-corrected chi connectivity index (χ3v) is 4.55. The molecule has 0 fully saturated rings. The molecule has 1 aromatic heterocycles. The SMILES string of the molecule is CC(C)(C)c1cc(-c2n[nH]c(=S)s2)cc(C(C)(C)C)c1O.[Ca+2].[H-].[H-]. The van der Waals surface area contributed by atoms with Crippen LogP contribution in [0.4, 0.5) is 0 Å². The molecule has 0 aliphatic rings. The minimum absolute atomic E-state index is 0. The molecule has 0 amide bonds. The summed E-state index contributed by atoms with van der Waals surface area (Å²) in [5.41, 5.74) is 2.59. The zero-order valence-corrected chi connectivity index (χ0v) is 17.9. The third-order valence-electron chi connectivity index (χ3n) is 3.41. The van der Waals surface area contributed by atoms with Gasteiger partial charge in [0, 0.05) is 16.7 Å². The van der Waals surface area contributed by atoms with Crippen molar-refractivity contribution in [2.45, 2.75) is 52.4 Å². The number of phenols is 1. The van der Waals surface area contributed by atoms with E-state index in [1.165, 1.54) is 11.3 Å². The van der Waals surface area contributed by atoms with Crippen molar-refractivity contribution in [3.8, 4) is 16.3 Å². The van der Waals surface area contributed by atoms with Gasteiger partial charge >= 0.3 is 37.7 Å². The zero-order valence-electron chi connectivity index (χ0n) is 16.1. The average Bonchev–Trinajstić information content (AvgIpc) is 2.73. The minimum atomic E-state index is -0.141. The van der Waals surface area contributed by atoms with Crippen LogP contribution in [0, 0.1) is 3.95 Å². The molecule has 2 N–H and O–H groups in total. The molecule has 1 aromatic carbocycles. The average molecular weight is 365 g/mol. The quantitative estimate of drug-likeness (QED) is 0.552. The molecule has 118 valence electrons. The molecule has 0 radical (unpaired) electrons. The molecule has 2 aromatic rings. The second-order valence-electron chi connectivity index (χ2n) is 7.34. The second kappa shape index (κ2) is 6.89. The molecule has 0 unspecified atom stereocenters. The van der Waals surface area contributed by atoms with Crippen molar-refractivity contribution in [2.24, 2.45) is 0 Å². The van der Waals surface area contributed by atoms with Gasteiger partial charge < -0.3 is 7.96 Å². The van der Waals surface area contributed by atoms with E-state index in [1.807, 2.05) is 12.1 Å². The van der Waals surface area contributed by atoms with Gasteiger partial charge in [-0.25, -0.2) is 0 Å². The number of hydrogen-bond donors (Lipinski definition) is 2. The summed E-state index contributed by atoms with van der Waals surface area (Å²) in [6.07, 6.45) is 0. The van der Waals surface area contributed by atoms with Crippen LogP contribution in [0.2, 0.25) is 0 Å². The second-order valence-corrected chi connectivity index (χ2v) is 9.00. The van der Waals surface area contributed by atoms with E-state index in [0.29, 0.717) is 9.70 Å².